The maximum atomic E-state index is 14.6. The van der Waals surface area contributed by atoms with Gasteiger partial charge in [0, 0.05) is 73.8 Å². The number of carbonyl (C=O) groups excluding carboxylic acids is 2. The molecule has 4 heterocycles. The maximum absolute atomic E-state index is 14.6. The van der Waals surface area contributed by atoms with E-state index in [0.29, 0.717) is 12.5 Å². The van der Waals surface area contributed by atoms with Crippen LogP contribution in [0.5, 0.6) is 5.75 Å². The summed E-state index contributed by atoms with van der Waals surface area (Å²) < 4.78 is 36.3. The number of rotatable bonds is 6. The molecule has 3 aromatic rings. The molecule has 5 aliphatic rings. The first-order valence-electron chi connectivity index (χ1n) is 16.3. The summed E-state index contributed by atoms with van der Waals surface area (Å²) in [4.78, 5) is 30.1. The van der Waals surface area contributed by atoms with E-state index in [1.165, 1.54) is 44.5 Å². The average molecular weight is 632 g/mol. The molecule has 1 aromatic heterocycles. The van der Waals surface area contributed by atoms with Gasteiger partial charge < -0.3 is 19.5 Å². The number of hydrogen-bond donors (Lipinski definition) is 2. The number of ether oxygens (including phenoxy) is 1. The first-order valence-corrected chi connectivity index (χ1v) is 17.7. The van der Waals surface area contributed by atoms with Gasteiger partial charge in [0.1, 0.15) is 5.75 Å². The number of aromatic nitrogens is 1. The zero-order chi connectivity index (χ0) is 31.2. The lowest BCUT2D eigenvalue weighted by molar-refractivity contribution is -0.154. The van der Waals surface area contributed by atoms with Crippen molar-refractivity contribution in [1.29, 1.82) is 0 Å². The van der Waals surface area contributed by atoms with E-state index in [1.807, 2.05) is 18.2 Å². The molecular formula is C34H41N5O5S. The van der Waals surface area contributed by atoms with Gasteiger partial charge in [0.15, 0.2) is 0 Å². The number of benzene rings is 2. The quantitative estimate of drug-likeness (QED) is 0.426. The molecule has 2 aliphatic carbocycles. The smallest absolute Gasteiger partial charge is 0.303 e. The molecule has 45 heavy (non-hydrogen) atoms. The molecule has 2 unspecified atom stereocenters. The van der Waals surface area contributed by atoms with Gasteiger partial charge in [-0.25, -0.2) is 4.72 Å². The number of nitrogens with zero attached hydrogens (tertiary/aromatic N) is 3. The standard InChI is InChI=1S/C34H41N5O5S/c1-37(2)45(42,43)36-32(40)21-9-11-26-29(13-21)38-19-34(33(41)39-22-14-23(39)18-35-17-22)16-28(34)27-15-24(44-3)10-12-25(27)31(38)30(26)20-7-5-4-6-8-20/h9-13,15,20,22-23,28,35H,4-8,14,16-19H2,1-3H3,(H,36,40)/t22-,23+,28?,34?. The summed E-state index contributed by atoms with van der Waals surface area (Å²) in [6, 6.07) is 12.3. The number of hydrogen-bond acceptors (Lipinski definition) is 6. The number of nitrogens with one attached hydrogen (secondary N) is 2. The Kier molecular flexibility index (Phi) is 6.64. The lowest BCUT2D eigenvalue weighted by Gasteiger charge is -2.54. The Hall–Kier alpha value is -3.41. The second-order valence-corrected chi connectivity index (χ2v) is 15.8. The van der Waals surface area contributed by atoms with Gasteiger partial charge in [-0.1, -0.05) is 25.3 Å². The Morgan fingerprint density at radius 3 is 2.49 bits per heavy atom. The van der Waals surface area contributed by atoms with Gasteiger partial charge in [0.05, 0.1) is 18.2 Å². The molecule has 0 spiro atoms. The molecule has 2 aromatic carbocycles. The second kappa shape index (κ2) is 10.3. The summed E-state index contributed by atoms with van der Waals surface area (Å²) in [5.74, 6) is 0.800. The molecule has 4 atom stereocenters. The minimum Gasteiger partial charge on any atom is -0.497 e. The fraction of sp³-hybridized carbons (Fsp3) is 0.529. The molecule has 8 rings (SSSR count). The fourth-order valence-corrected chi connectivity index (χ4v) is 9.29. The molecule has 2 N–H and O–H groups in total. The number of fused-ring (bicyclic) bond motifs is 9. The van der Waals surface area contributed by atoms with Crippen molar-refractivity contribution in [3.05, 3.63) is 53.1 Å². The van der Waals surface area contributed by atoms with Gasteiger partial charge >= 0.3 is 10.2 Å². The highest BCUT2D eigenvalue weighted by Gasteiger charge is 2.66. The van der Waals surface area contributed by atoms with Crippen molar-refractivity contribution in [2.45, 2.75) is 75.4 Å². The predicted molar refractivity (Wildman–Crippen MR) is 172 cm³/mol. The van der Waals surface area contributed by atoms with E-state index in [1.54, 1.807) is 13.2 Å². The Morgan fingerprint density at radius 1 is 1.04 bits per heavy atom. The van der Waals surface area contributed by atoms with Crippen molar-refractivity contribution in [3.8, 4) is 17.0 Å². The number of methoxy groups -OCH3 is 1. The van der Waals surface area contributed by atoms with Crippen molar-refractivity contribution in [1.82, 2.24) is 23.8 Å². The van der Waals surface area contributed by atoms with Crippen LogP contribution in [0.4, 0.5) is 0 Å². The minimum atomic E-state index is -3.96. The van der Waals surface area contributed by atoms with Crippen LogP contribution in [0, 0.1) is 5.41 Å². The molecule has 11 heteroatoms. The zero-order valence-corrected chi connectivity index (χ0v) is 27.0. The van der Waals surface area contributed by atoms with E-state index in [-0.39, 0.29) is 29.5 Å². The molecule has 2 saturated carbocycles. The van der Waals surface area contributed by atoms with Gasteiger partial charge in [-0.2, -0.15) is 12.7 Å². The maximum Gasteiger partial charge on any atom is 0.303 e. The van der Waals surface area contributed by atoms with Gasteiger partial charge in [0.25, 0.3) is 5.91 Å². The van der Waals surface area contributed by atoms with E-state index in [9.17, 15) is 18.0 Å². The Morgan fingerprint density at radius 2 is 1.80 bits per heavy atom. The van der Waals surface area contributed by atoms with Crippen LogP contribution in [-0.4, -0.2) is 80.4 Å². The van der Waals surface area contributed by atoms with Crippen molar-refractivity contribution in [2.75, 3.05) is 34.3 Å². The lowest BCUT2D eigenvalue weighted by Crippen LogP contribution is -2.70. The van der Waals surface area contributed by atoms with Gasteiger partial charge in [-0.3, -0.25) is 9.59 Å². The predicted octanol–water partition coefficient (Wildman–Crippen LogP) is 3.96. The third kappa shape index (κ3) is 4.37. The molecule has 238 valence electrons. The summed E-state index contributed by atoms with van der Waals surface area (Å²) in [5.41, 5.74) is 5.31. The van der Waals surface area contributed by atoms with Gasteiger partial charge in [-0.05, 0) is 73.1 Å². The molecule has 2 saturated heterocycles. The molecule has 2 amide bonds. The highest BCUT2D eigenvalue weighted by molar-refractivity contribution is 7.87. The summed E-state index contributed by atoms with van der Waals surface area (Å²) in [5, 5.41) is 4.54. The first-order chi connectivity index (χ1) is 21.6. The van der Waals surface area contributed by atoms with Crippen LogP contribution in [0.15, 0.2) is 36.4 Å². The number of piperidine rings is 1. The second-order valence-electron chi connectivity index (χ2n) is 13.9. The van der Waals surface area contributed by atoms with Crippen LogP contribution >= 0.6 is 0 Å². The largest absolute Gasteiger partial charge is 0.497 e. The van der Waals surface area contributed by atoms with Crippen molar-refractivity contribution in [2.24, 2.45) is 5.41 Å². The normalized spacial score (nSPS) is 27.2. The SMILES string of the molecule is COc1ccc2c(c1)C1CC1(C(=O)N1[C@@H]3CNC[C@H]1C3)Cn1c-2c(C2CCCCC2)c2ccc(C(=O)NS(=O)(=O)N(C)C)cc21. The number of carbonyl (C=O) groups is 2. The van der Waals surface area contributed by atoms with E-state index in [2.05, 4.69) is 31.6 Å². The van der Waals surface area contributed by atoms with Crippen molar-refractivity contribution < 1.29 is 22.7 Å². The van der Waals surface area contributed by atoms with Crippen LogP contribution < -0.4 is 14.8 Å². The van der Waals surface area contributed by atoms with Gasteiger partial charge in [0.2, 0.25) is 5.91 Å². The Bertz CT molecular complexity index is 1830. The molecule has 2 bridgehead atoms. The van der Waals surface area contributed by atoms with Gasteiger partial charge in [-0.15, -0.1) is 0 Å². The summed E-state index contributed by atoms with van der Waals surface area (Å²) in [7, 11) is 0.505. The van der Waals surface area contributed by atoms with Crippen LogP contribution in [0.1, 0.15) is 78.3 Å². The summed E-state index contributed by atoms with van der Waals surface area (Å²) in [6.45, 7) is 2.20. The minimum absolute atomic E-state index is 0.0789. The average Bonchev–Trinajstić information content (AvgIpc) is 3.71. The highest BCUT2D eigenvalue weighted by atomic mass is 32.2. The zero-order valence-electron chi connectivity index (χ0n) is 26.1. The first kappa shape index (κ1) is 29.0. The molecule has 4 fully saturated rings. The monoisotopic (exact) mass is 631 g/mol. The Balaban J connectivity index is 1.33. The Labute approximate surface area is 264 Å². The van der Waals surface area contributed by atoms with Crippen LogP contribution in [0.25, 0.3) is 22.2 Å². The van der Waals surface area contributed by atoms with Crippen molar-refractivity contribution >= 4 is 32.9 Å². The van der Waals surface area contributed by atoms with Crippen LogP contribution in [-0.2, 0) is 21.5 Å². The third-order valence-corrected chi connectivity index (χ3v) is 12.6. The molecule has 0 radical (unpaired) electrons. The van der Waals surface area contributed by atoms with E-state index in [0.717, 1.165) is 71.0 Å². The number of amides is 2. The van der Waals surface area contributed by atoms with E-state index >= 15 is 0 Å². The highest BCUT2D eigenvalue weighted by Crippen LogP contribution is 2.66. The summed E-state index contributed by atoms with van der Waals surface area (Å²) in [6.07, 6.45) is 7.60. The molecule has 3 aliphatic heterocycles. The van der Waals surface area contributed by atoms with Crippen LogP contribution in [0.2, 0.25) is 0 Å². The van der Waals surface area contributed by atoms with Crippen LogP contribution in [0.3, 0.4) is 0 Å². The van der Waals surface area contributed by atoms with Crippen molar-refractivity contribution in [3.63, 3.8) is 0 Å². The fourth-order valence-electron chi connectivity index (χ4n) is 8.76. The lowest BCUT2D eigenvalue weighted by atomic mass is 9.81. The van der Waals surface area contributed by atoms with E-state index in [4.69, 9.17) is 4.74 Å². The molecular weight excluding hydrogens is 590 g/mol. The molecule has 10 nitrogen and oxygen atoms in total. The third-order valence-electron chi connectivity index (χ3n) is 11.2. The van der Waals surface area contributed by atoms with E-state index < -0.39 is 21.5 Å². The topological polar surface area (TPSA) is 113 Å². The summed E-state index contributed by atoms with van der Waals surface area (Å²) >= 11 is 0. The number of piperazine rings is 1.